The molecule has 0 spiro atoms. The second-order valence-corrected chi connectivity index (χ2v) is 6.97. The lowest BCUT2D eigenvalue weighted by atomic mass is 9.63. The number of nitrogens with zero attached hydrogens (tertiary/aromatic N) is 2. The fourth-order valence-electron chi connectivity index (χ4n) is 5.26. The summed E-state index contributed by atoms with van der Waals surface area (Å²) >= 11 is 0. The van der Waals surface area contributed by atoms with E-state index < -0.39 is 0 Å². The summed E-state index contributed by atoms with van der Waals surface area (Å²) in [5, 5.41) is 9.63. The van der Waals surface area contributed by atoms with Crippen molar-refractivity contribution in [1.29, 1.82) is 0 Å². The van der Waals surface area contributed by atoms with E-state index in [0.717, 1.165) is 28.7 Å². The van der Waals surface area contributed by atoms with E-state index in [2.05, 4.69) is 12.2 Å². The minimum Gasteiger partial charge on any atom is -0.508 e. The highest BCUT2D eigenvalue weighted by Gasteiger charge is 2.64. The van der Waals surface area contributed by atoms with Gasteiger partial charge in [0.05, 0.1) is 17.0 Å². The number of carbonyl (C=O) groups excluding carboxylic acids is 1. The molecule has 2 saturated carbocycles. The minimum atomic E-state index is 0.101. The Balaban J connectivity index is 1.64. The van der Waals surface area contributed by atoms with E-state index >= 15 is 0 Å². The normalized spacial score (nSPS) is 41.2. The van der Waals surface area contributed by atoms with Crippen LogP contribution in [0.2, 0.25) is 0 Å². The molecule has 0 amide bonds. The van der Waals surface area contributed by atoms with E-state index in [0.29, 0.717) is 11.8 Å². The van der Waals surface area contributed by atoms with Gasteiger partial charge in [0.1, 0.15) is 11.6 Å². The van der Waals surface area contributed by atoms with Crippen LogP contribution in [-0.2, 0) is 0 Å². The number of phenolic OH excluding ortho intramolecular Hbond substituents is 1. The second kappa shape index (κ2) is 3.06. The predicted octanol–water partition coefficient (Wildman–Crippen LogP) is 2.55. The molecular formula is C17H14N2O2. The van der Waals surface area contributed by atoms with Crippen molar-refractivity contribution >= 4 is 16.9 Å². The molecule has 4 nitrogen and oxygen atoms in total. The van der Waals surface area contributed by atoms with Gasteiger partial charge >= 0.3 is 0 Å². The third-order valence-electron chi connectivity index (χ3n) is 6.12. The number of imidazole rings is 1. The summed E-state index contributed by atoms with van der Waals surface area (Å²) in [7, 11) is 0. The van der Waals surface area contributed by atoms with Crippen LogP contribution in [0.4, 0.5) is 0 Å². The van der Waals surface area contributed by atoms with Gasteiger partial charge in [-0.3, -0.25) is 9.36 Å². The molecule has 6 atom stereocenters. The Bertz CT molecular complexity index is 865. The maximum atomic E-state index is 13.0. The molecule has 2 aromatic rings. The van der Waals surface area contributed by atoms with Crippen LogP contribution in [0.1, 0.15) is 23.0 Å². The summed E-state index contributed by atoms with van der Waals surface area (Å²) in [6, 6.07) is 5.10. The maximum absolute atomic E-state index is 13.0. The van der Waals surface area contributed by atoms with Crippen LogP contribution in [0.5, 0.6) is 5.75 Å². The zero-order valence-electron chi connectivity index (χ0n) is 11.3. The summed E-state index contributed by atoms with van der Waals surface area (Å²) in [5.41, 5.74) is 1.57. The van der Waals surface area contributed by atoms with Crippen molar-refractivity contribution in [3.8, 4) is 5.75 Å². The van der Waals surface area contributed by atoms with E-state index in [1.54, 1.807) is 12.1 Å². The highest BCUT2D eigenvalue weighted by atomic mass is 16.3. The quantitative estimate of drug-likeness (QED) is 0.753. The molecule has 4 aliphatic carbocycles. The highest BCUT2D eigenvalue weighted by Crippen LogP contribution is 2.67. The number of aromatic nitrogens is 2. The van der Waals surface area contributed by atoms with Gasteiger partial charge in [0.25, 0.3) is 0 Å². The van der Waals surface area contributed by atoms with Gasteiger partial charge in [0.2, 0.25) is 5.91 Å². The van der Waals surface area contributed by atoms with E-state index in [1.807, 2.05) is 10.6 Å². The van der Waals surface area contributed by atoms with Crippen molar-refractivity contribution in [3.63, 3.8) is 0 Å². The Morgan fingerprint density at radius 3 is 2.71 bits per heavy atom. The fraction of sp³-hybridized carbons (Fsp3) is 0.412. The Hall–Kier alpha value is -2.10. The minimum absolute atomic E-state index is 0.101. The first kappa shape index (κ1) is 10.6. The number of aromatic hydroxyl groups is 1. The number of benzene rings is 1. The number of fused-ring (bicyclic) bond motifs is 3. The summed E-state index contributed by atoms with van der Waals surface area (Å²) in [4.78, 5) is 17.7. The third-order valence-corrected chi connectivity index (χ3v) is 6.12. The molecule has 2 fully saturated rings. The van der Waals surface area contributed by atoms with E-state index in [-0.39, 0.29) is 23.5 Å². The largest absolute Gasteiger partial charge is 0.508 e. The predicted molar refractivity (Wildman–Crippen MR) is 76.0 cm³/mol. The molecule has 0 unspecified atom stereocenters. The Morgan fingerprint density at radius 1 is 1.14 bits per heavy atom. The molecule has 1 N–H and O–H groups in total. The van der Waals surface area contributed by atoms with Crippen LogP contribution < -0.4 is 0 Å². The SMILES string of the molecule is O=C1[C@H]2[C@H]3C=C[C@H]([C@@H]4C[C@H]34)[C@H]2c2nc3cc(O)ccc3n21. The first-order valence-corrected chi connectivity index (χ1v) is 7.68. The number of phenols is 1. The molecule has 1 aromatic heterocycles. The van der Waals surface area contributed by atoms with E-state index in [9.17, 15) is 9.90 Å². The number of carbonyl (C=O) groups is 1. The van der Waals surface area contributed by atoms with Crippen LogP contribution in [0.25, 0.3) is 11.0 Å². The standard InChI is InChI=1S/C17H14N2O2/c20-7-1-4-13-12(5-7)18-16-14-8-2-3-9(11-6-10(8)11)15(14)17(21)19(13)16/h1-5,8-11,14-15,20H,6H2/t8-,9+,10+,11-,14-,15+/m1/s1. The molecule has 7 rings (SSSR count). The topological polar surface area (TPSA) is 55.1 Å². The summed E-state index contributed by atoms with van der Waals surface area (Å²) in [6.07, 6.45) is 5.90. The lowest BCUT2D eigenvalue weighted by molar-refractivity contribution is 0.0747. The van der Waals surface area contributed by atoms with Gasteiger partial charge in [0, 0.05) is 12.0 Å². The summed E-state index contributed by atoms with van der Waals surface area (Å²) < 4.78 is 1.82. The van der Waals surface area contributed by atoms with Gasteiger partial charge in [-0.1, -0.05) is 12.2 Å². The molecule has 2 bridgehead atoms. The summed E-state index contributed by atoms with van der Waals surface area (Å²) in [6.45, 7) is 0. The fourth-order valence-corrected chi connectivity index (χ4v) is 5.26. The van der Waals surface area contributed by atoms with Crippen molar-refractivity contribution in [2.45, 2.75) is 12.3 Å². The highest BCUT2D eigenvalue weighted by molar-refractivity contribution is 5.96. The lowest BCUT2D eigenvalue weighted by Crippen LogP contribution is -2.38. The maximum Gasteiger partial charge on any atom is 0.237 e. The summed E-state index contributed by atoms with van der Waals surface area (Å²) in [5.74, 6) is 4.12. The molecule has 1 aliphatic heterocycles. The first-order chi connectivity index (χ1) is 10.2. The first-order valence-electron chi connectivity index (χ1n) is 7.68. The Kier molecular flexibility index (Phi) is 1.54. The van der Waals surface area contributed by atoms with Crippen molar-refractivity contribution in [2.75, 3.05) is 0 Å². The monoisotopic (exact) mass is 278 g/mol. The smallest absolute Gasteiger partial charge is 0.237 e. The van der Waals surface area contributed by atoms with Crippen molar-refractivity contribution < 1.29 is 9.90 Å². The Morgan fingerprint density at radius 2 is 1.90 bits per heavy atom. The van der Waals surface area contributed by atoms with Crippen LogP contribution >= 0.6 is 0 Å². The van der Waals surface area contributed by atoms with Crippen LogP contribution in [0.3, 0.4) is 0 Å². The molecular weight excluding hydrogens is 264 g/mol. The van der Waals surface area contributed by atoms with Gasteiger partial charge < -0.3 is 5.11 Å². The average molecular weight is 278 g/mol. The van der Waals surface area contributed by atoms with Gasteiger partial charge in [-0.15, -0.1) is 0 Å². The van der Waals surface area contributed by atoms with Crippen molar-refractivity contribution in [1.82, 2.24) is 9.55 Å². The molecule has 1 aromatic carbocycles. The van der Waals surface area contributed by atoms with E-state index in [1.165, 1.54) is 6.42 Å². The lowest BCUT2D eigenvalue weighted by Gasteiger charge is -2.39. The molecule has 104 valence electrons. The zero-order chi connectivity index (χ0) is 13.9. The number of rotatable bonds is 0. The number of hydrogen-bond donors (Lipinski definition) is 1. The molecule has 4 heteroatoms. The molecule has 0 radical (unpaired) electrons. The van der Waals surface area contributed by atoms with E-state index in [4.69, 9.17) is 4.98 Å². The van der Waals surface area contributed by atoms with Crippen molar-refractivity contribution in [2.24, 2.45) is 29.6 Å². The van der Waals surface area contributed by atoms with Crippen molar-refractivity contribution in [3.05, 3.63) is 36.2 Å². The molecule has 0 saturated heterocycles. The van der Waals surface area contributed by atoms with Crippen LogP contribution in [-0.4, -0.2) is 20.6 Å². The molecule has 2 heterocycles. The Labute approximate surface area is 121 Å². The molecule has 21 heavy (non-hydrogen) atoms. The number of allylic oxidation sites excluding steroid dienone is 2. The van der Waals surface area contributed by atoms with Gasteiger partial charge in [-0.05, 0) is 42.2 Å². The van der Waals surface area contributed by atoms with Gasteiger partial charge in [-0.25, -0.2) is 4.98 Å². The second-order valence-electron chi connectivity index (χ2n) is 6.97. The number of hydrogen-bond acceptors (Lipinski definition) is 3. The van der Waals surface area contributed by atoms with Crippen LogP contribution in [0, 0.1) is 29.6 Å². The zero-order valence-corrected chi connectivity index (χ0v) is 11.3. The average Bonchev–Trinajstić information content (AvgIpc) is 3.16. The van der Waals surface area contributed by atoms with Crippen LogP contribution in [0.15, 0.2) is 30.4 Å². The van der Waals surface area contributed by atoms with Gasteiger partial charge in [0.15, 0.2) is 0 Å². The third kappa shape index (κ3) is 1.04. The van der Waals surface area contributed by atoms with Gasteiger partial charge in [-0.2, -0.15) is 0 Å². The molecule has 5 aliphatic rings.